The summed E-state index contributed by atoms with van der Waals surface area (Å²) in [4.78, 5) is 10.8. The number of rotatable bonds is 9. The van der Waals surface area contributed by atoms with Gasteiger partial charge in [-0.1, -0.05) is 6.92 Å². The van der Waals surface area contributed by atoms with Gasteiger partial charge >= 0.3 is 5.97 Å². The highest BCUT2D eigenvalue weighted by molar-refractivity contribution is 8.00. The van der Waals surface area contributed by atoms with Crippen LogP contribution in [0.2, 0.25) is 0 Å². The number of carbonyl (C=O) groups is 1. The molecule has 0 aromatic heterocycles. The van der Waals surface area contributed by atoms with Crippen LogP contribution in [0, 0.1) is 0 Å². The molecule has 0 amide bonds. The second kappa shape index (κ2) is 8.69. The molecule has 0 spiro atoms. The molecule has 1 rings (SSSR count). The van der Waals surface area contributed by atoms with Gasteiger partial charge < -0.3 is 14.6 Å². The minimum absolute atomic E-state index is 0.344. The molecule has 0 aliphatic carbocycles. The molecular weight excluding hydrogens is 264 g/mol. The Bertz CT molecular complexity index is 378. The lowest BCUT2D eigenvalue weighted by Gasteiger charge is -2.10. The van der Waals surface area contributed by atoms with Crippen LogP contribution >= 0.6 is 11.8 Å². The summed E-state index contributed by atoms with van der Waals surface area (Å²) in [6.07, 6.45) is 0.628. The van der Waals surface area contributed by atoms with Crippen molar-refractivity contribution in [3.63, 3.8) is 0 Å². The predicted molar refractivity (Wildman–Crippen MR) is 77.3 cm³/mol. The molecule has 0 saturated carbocycles. The number of aliphatic carboxylic acids is 1. The van der Waals surface area contributed by atoms with E-state index in [1.165, 1.54) is 11.8 Å². The molecule has 0 heterocycles. The molecule has 1 N–H and O–H groups in total. The van der Waals surface area contributed by atoms with Gasteiger partial charge in [-0.15, -0.1) is 11.8 Å². The predicted octanol–water partition coefficient (Wildman–Crippen LogP) is 3.06. The minimum Gasteiger partial charge on any atom is -0.494 e. The monoisotopic (exact) mass is 284 g/mol. The molecule has 0 aliphatic rings. The Morgan fingerprint density at radius 1 is 1.21 bits per heavy atom. The van der Waals surface area contributed by atoms with Crippen molar-refractivity contribution in [2.24, 2.45) is 0 Å². The Hall–Kier alpha value is -1.36. The van der Waals surface area contributed by atoms with Crippen molar-refractivity contribution < 1.29 is 19.4 Å². The second-order valence-corrected chi connectivity index (χ2v) is 5.17. The average molecular weight is 284 g/mol. The van der Waals surface area contributed by atoms with Gasteiger partial charge in [0, 0.05) is 5.75 Å². The summed E-state index contributed by atoms with van der Waals surface area (Å²) in [6.45, 7) is 4.96. The zero-order chi connectivity index (χ0) is 14.1. The first-order valence-electron chi connectivity index (χ1n) is 6.37. The molecule has 0 bridgehead atoms. The van der Waals surface area contributed by atoms with E-state index in [0.717, 1.165) is 11.5 Å². The van der Waals surface area contributed by atoms with Gasteiger partial charge in [0.05, 0.1) is 13.2 Å². The summed E-state index contributed by atoms with van der Waals surface area (Å²) < 4.78 is 10.9. The van der Waals surface area contributed by atoms with Crippen molar-refractivity contribution in [1.29, 1.82) is 0 Å². The molecular formula is C14H20O4S. The third-order valence-electron chi connectivity index (χ3n) is 2.45. The third kappa shape index (κ3) is 5.87. The van der Waals surface area contributed by atoms with Crippen molar-refractivity contribution in [1.82, 2.24) is 0 Å². The van der Waals surface area contributed by atoms with E-state index in [-0.39, 0.29) is 5.25 Å². The van der Waals surface area contributed by atoms with Crippen molar-refractivity contribution in [2.75, 3.05) is 19.0 Å². The Morgan fingerprint density at radius 2 is 1.79 bits per heavy atom. The van der Waals surface area contributed by atoms with Crippen LogP contribution in [-0.2, 0) is 4.79 Å². The molecule has 4 nitrogen and oxygen atoms in total. The Morgan fingerprint density at radius 3 is 2.26 bits per heavy atom. The van der Waals surface area contributed by atoms with Crippen LogP contribution in [0.5, 0.6) is 11.5 Å². The zero-order valence-corrected chi connectivity index (χ0v) is 12.1. The molecule has 0 radical (unpaired) electrons. The van der Waals surface area contributed by atoms with Crippen LogP contribution in [-0.4, -0.2) is 35.3 Å². The number of thioether (sulfide) groups is 1. The van der Waals surface area contributed by atoms with Gasteiger partial charge in [-0.2, -0.15) is 0 Å². The van der Waals surface area contributed by atoms with Crippen molar-refractivity contribution in [3.05, 3.63) is 24.3 Å². The van der Waals surface area contributed by atoms with E-state index in [0.29, 0.717) is 25.4 Å². The lowest BCUT2D eigenvalue weighted by molar-refractivity contribution is -0.136. The fourth-order valence-corrected chi connectivity index (χ4v) is 2.35. The Balaban J connectivity index is 2.27. The van der Waals surface area contributed by atoms with Gasteiger partial charge in [-0.25, -0.2) is 0 Å². The normalized spacial score (nSPS) is 11.9. The van der Waals surface area contributed by atoms with Crippen molar-refractivity contribution in [2.45, 2.75) is 25.5 Å². The Kier molecular flexibility index (Phi) is 7.18. The molecule has 106 valence electrons. The van der Waals surface area contributed by atoms with Crippen LogP contribution in [0.3, 0.4) is 0 Å². The van der Waals surface area contributed by atoms with E-state index in [1.807, 2.05) is 38.1 Å². The van der Waals surface area contributed by atoms with Gasteiger partial charge in [0.25, 0.3) is 0 Å². The van der Waals surface area contributed by atoms with E-state index >= 15 is 0 Å². The van der Waals surface area contributed by atoms with Gasteiger partial charge in [0.15, 0.2) is 0 Å². The molecule has 0 fully saturated rings. The van der Waals surface area contributed by atoms with Crippen molar-refractivity contribution in [3.8, 4) is 11.5 Å². The SMILES string of the molecule is CCOc1ccc(OCCSC(CC)C(=O)O)cc1. The summed E-state index contributed by atoms with van der Waals surface area (Å²) in [5.41, 5.74) is 0. The van der Waals surface area contributed by atoms with Gasteiger partial charge in [-0.3, -0.25) is 4.79 Å². The molecule has 19 heavy (non-hydrogen) atoms. The lowest BCUT2D eigenvalue weighted by Crippen LogP contribution is -2.16. The maximum atomic E-state index is 10.8. The fraction of sp³-hybridized carbons (Fsp3) is 0.500. The highest BCUT2D eigenvalue weighted by Gasteiger charge is 2.14. The van der Waals surface area contributed by atoms with Crippen LogP contribution in [0.25, 0.3) is 0 Å². The topological polar surface area (TPSA) is 55.8 Å². The largest absolute Gasteiger partial charge is 0.494 e. The lowest BCUT2D eigenvalue weighted by atomic mass is 10.3. The number of ether oxygens (including phenoxy) is 2. The first-order chi connectivity index (χ1) is 9.17. The summed E-state index contributed by atoms with van der Waals surface area (Å²) in [5, 5.41) is 8.55. The van der Waals surface area contributed by atoms with Crippen LogP contribution in [0.1, 0.15) is 20.3 Å². The quantitative estimate of drug-likeness (QED) is 0.706. The van der Waals surface area contributed by atoms with Crippen LogP contribution < -0.4 is 9.47 Å². The summed E-state index contributed by atoms with van der Waals surface area (Å²) in [7, 11) is 0. The highest BCUT2D eigenvalue weighted by Crippen LogP contribution is 2.19. The fourth-order valence-electron chi connectivity index (χ4n) is 1.51. The van der Waals surface area contributed by atoms with E-state index in [1.54, 1.807) is 0 Å². The number of hydrogen-bond donors (Lipinski definition) is 1. The molecule has 0 aliphatic heterocycles. The molecule has 1 aromatic carbocycles. The standard InChI is InChI=1S/C14H20O4S/c1-3-13(14(15)16)19-10-9-18-12-7-5-11(6-8-12)17-4-2/h5-8,13H,3-4,9-10H2,1-2H3,(H,15,16). The van der Waals surface area contributed by atoms with E-state index in [4.69, 9.17) is 14.6 Å². The number of benzene rings is 1. The molecule has 1 aromatic rings. The number of carboxylic acid groups (broad SMARTS) is 1. The molecule has 5 heteroatoms. The van der Waals surface area contributed by atoms with E-state index in [2.05, 4.69) is 0 Å². The number of hydrogen-bond acceptors (Lipinski definition) is 4. The minimum atomic E-state index is -0.756. The van der Waals surface area contributed by atoms with E-state index < -0.39 is 5.97 Å². The summed E-state index contributed by atoms with van der Waals surface area (Å²) in [5.74, 6) is 1.50. The molecule has 0 saturated heterocycles. The zero-order valence-electron chi connectivity index (χ0n) is 11.3. The van der Waals surface area contributed by atoms with Gasteiger partial charge in [-0.05, 0) is 37.6 Å². The number of carboxylic acids is 1. The van der Waals surface area contributed by atoms with E-state index in [9.17, 15) is 4.79 Å². The van der Waals surface area contributed by atoms with Gasteiger partial charge in [0.2, 0.25) is 0 Å². The smallest absolute Gasteiger partial charge is 0.316 e. The Labute approximate surface area is 118 Å². The summed E-state index contributed by atoms with van der Waals surface area (Å²) >= 11 is 1.41. The van der Waals surface area contributed by atoms with Crippen LogP contribution in [0.4, 0.5) is 0 Å². The molecule has 1 atom stereocenters. The first kappa shape index (κ1) is 15.7. The molecule has 1 unspecified atom stereocenters. The first-order valence-corrected chi connectivity index (χ1v) is 7.42. The summed E-state index contributed by atoms with van der Waals surface area (Å²) in [6, 6.07) is 7.42. The third-order valence-corrected chi connectivity index (χ3v) is 3.79. The van der Waals surface area contributed by atoms with Crippen molar-refractivity contribution >= 4 is 17.7 Å². The van der Waals surface area contributed by atoms with Gasteiger partial charge in [0.1, 0.15) is 16.7 Å². The highest BCUT2D eigenvalue weighted by atomic mass is 32.2. The van der Waals surface area contributed by atoms with Crippen LogP contribution in [0.15, 0.2) is 24.3 Å². The maximum Gasteiger partial charge on any atom is 0.316 e. The second-order valence-electron chi connectivity index (χ2n) is 3.86. The maximum absolute atomic E-state index is 10.8. The average Bonchev–Trinajstić information content (AvgIpc) is 2.40.